The van der Waals surface area contributed by atoms with Gasteiger partial charge in [-0.2, -0.15) is 26.3 Å². The number of rotatable bonds is 5. The highest BCUT2D eigenvalue weighted by atomic mass is 35.5. The lowest BCUT2D eigenvalue weighted by atomic mass is 9.92. The van der Waals surface area contributed by atoms with Gasteiger partial charge in [0.15, 0.2) is 0 Å². The summed E-state index contributed by atoms with van der Waals surface area (Å²) in [6.07, 6.45) is -11.9. The van der Waals surface area contributed by atoms with Crippen LogP contribution in [-0.4, -0.2) is 24.6 Å². The van der Waals surface area contributed by atoms with Gasteiger partial charge in [-0.25, -0.2) is 4.79 Å². The first-order valence-electron chi connectivity index (χ1n) is 9.37. The molecule has 178 valence electrons. The predicted octanol–water partition coefficient (Wildman–Crippen LogP) is 6.95. The van der Waals surface area contributed by atoms with Crippen LogP contribution in [0.1, 0.15) is 30.0 Å². The van der Waals surface area contributed by atoms with E-state index in [1.165, 1.54) is 13.0 Å². The maximum absolute atomic E-state index is 14.1. The number of Topliss-reactive ketones (excluding diaryl/α,β-unsaturated/α-hetero) is 1. The number of ether oxygens (including phenoxy) is 1. The molecule has 3 rings (SSSR count). The summed E-state index contributed by atoms with van der Waals surface area (Å²) in [5.41, 5.74) is -5.61. The fraction of sp³-hybridized carbons (Fsp3) is 0.333. The summed E-state index contributed by atoms with van der Waals surface area (Å²) in [5, 5.41) is -0.297. The molecule has 0 bridgehead atoms. The van der Waals surface area contributed by atoms with Crippen LogP contribution in [0.5, 0.6) is 0 Å². The highest BCUT2D eigenvalue weighted by molar-refractivity contribution is 6.34. The quantitative estimate of drug-likeness (QED) is 0.406. The monoisotopic (exact) mass is 513 g/mol. The number of hydrogen-bond acceptors (Lipinski definition) is 3. The lowest BCUT2D eigenvalue weighted by Gasteiger charge is -2.30. The highest BCUT2D eigenvalue weighted by Gasteiger charge is 2.65. The molecule has 1 unspecified atom stereocenters. The minimum atomic E-state index is -5.14. The van der Waals surface area contributed by atoms with Crippen molar-refractivity contribution in [2.45, 2.75) is 37.7 Å². The average molecular weight is 514 g/mol. The lowest BCUT2D eigenvalue weighted by molar-refractivity contribution is -0.250. The molecule has 1 aliphatic heterocycles. The van der Waals surface area contributed by atoms with E-state index in [-0.39, 0.29) is 34.2 Å². The average Bonchev–Trinajstić information content (AvgIpc) is 3.03. The number of aryl methyl sites for hydroxylation is 1. The number of carbonyl (C=O) groups excluding carboxylic acids is 2. The molecule has 1 saturated heterocycles. The molecule has 0 aliphatic carbocycles. The van der Waals surface area contributed by atoms with E-state index in [1.54, 1.807) is 0 Å². The van der Waals surface area contributed by atoms with Gasteiger partial charge in [-0.15, -0.1) is 0 Å². The number of hydrogen-bond donors (Lipinski definition) is 0. The largest absolute Gasteiger partial charge is 0.434 e. The van der Waals surface area contributed by atoms with E-state index in [2.05, 4.69) is 0 Å². The molecule has 12 heteroatoms. The highest BCUT2D eigenvalue weighted by Crippen LogP contribution is 2.49. The van der Waals surface area contributed by atoms with Crippen LogP contribution in [-0.2, 0) is 27.7 Å². The SMILES string of the molecule is CC(=O)CCc1ccc(N2CC(c3cc(Cl)cc(Cl)c3)(C(F)(F)F)OC2=O)cc1C(F)(F)F. The zero-order valence-electron chi connectivity index (χ0n) is 16.8. The molecule has 1 fully saturated rings. The number of nitrogens with zero attached hydrogens (tertiary/aromatic N) is 1. The molecule has 1 atom stereocenters. The number of ketones is 1. The van der Waals surface area contributed by atoms with Crippen molar-refractivity contribution in [3.05, 3.63) is 63.1 Å². The summed E-state index contributed by atoms with van der Waals surface area (Å²) in [4.78, 5) is 24.1. The van der Waals surface area contributed by atoms with Gasteiger partial charge in [0.2, 0.25) is 0 Å². The summed E-state index contributed by atoms with van der Waals surface area (Å²) in [5.74, 6) is -0.328. The minimum Gasteiger partial charge on any atom is -0.426 e. The molecular weight excluding hydrogens is 499 g/mol. The minimum absolute atomic E-state index is 0.148. The van der Waals surface area contributed by atoms with E-state index < -0.39 is 47.4 Å². The number of halogens is 8. The molecule has 0 saturated carbocycles. The Morgan fingerprint density at radius 1 is 1.06 bits per heavy atom. The summed E-state index contributed by atoms with van der Waals surface area (Å²) in [7, 11) is 0. The van der Waals surface area contributed by atoms with Crippen molar-refractivity contribution in [1.82, 2.24) is 0 Å². The fourth-order valence-electron chi connectivity index (χ4n) is 3.49. The van der Waals surface area contributed by atoms with Crippen LogP contribution in [0.15, 0.2) is 36.4 Å². The zero-order valence-corrected chi connectivity index (χ0v) is 18.3. The third-order valence-electron chi connectivity index (χ3n) is 5.11. The Balaban J connectivity index is 2.07. The fourth-order valence-corrected chi connectivity index (χ4v) is 4.02. The van der Waals surface area contributed by atoms with Gasteiger partial charge in [0.25, 0.3) is 5.60 Å². The number of alkyl halides is 6. The second-order valence-corrected chi connectivity index (χ2v) is 8.35. The first kappa shape index (κ1) is 25.2. The maximum atomic E-state index is 14.1. The van der Waals surface area contributed by atoms with Crippen LogP contribution in [0.2, 0.25) is 10.0 Å². The Labute approximate surface area is 194 Å². The Hall–Kier alpha value is -2.46. The van der Waals surface area contributed by atoms with Crippen molar-refractivity contribution in [3.63, 3.8) is 0 Å². The van der Waals surface area contributed by atoms with Gasteiger partial charge in [-0.3, -0.25) is 4.90 Å². The van der Waals surface area contributed by atoms with Crippen molar-refractivity contribution < 1.29 is 40.7 Å². The predicted molar refractivity (Wildman–Crippen MR) is 108 cm³/mol. The van der Waals surface area contributed by atoms with Gasteiger partial charge in [0.1, 0.15) is 5.78 Å². The second kappa shape index (κ2) is 8.72. The molecule has 33 heavy (non-hydrogen) atoms. The van der Waals surface area contributed by atoms with Crippen LogP contribution >= 0.6 is 23.2 Å². The standard InChI is InChI=1S/C21H15Cl2F6NO3/c1-11(31)2-3-12-4-5-16(9-17(12)20(24,25)26)30-10-19(21(27,28)29,33-18(30)32)13-6-14(22)8-15(23)7-13/h4-9H,2-3,10H2,1H3. The van der Waals surface area contributed by atoms with Crippen LogP contribution in [0.3, 0.4) is 0 Å². The van der Waals surface area contributed by atoms with Gasteiger partial charge in [0.05, 0.1) is 12.1 Å². The Morgan fingerprint density at radius 2 is 1.67 bits per heavy atom. The number of benzene rings is 2. The molecule has 1 heterocycles. The number of carbonyl (C=O) groups is 2. The van der Waals surface area contributed by atoms with E-state index >= 15 is 0 Å². The van der Waals surface area contributed by atoms with Gasteiger partial charge in [-0.05, 0) is 49.2 Å². The topological polar surface area (TPSA) is 46.6 Å². The van der Waals surface area contributed by atoms with Crippen molar-refractivity contribution in [1.29, 1.82) is 0 Å². The molecule has 0 spiro atoms. The first-order chi connectivity index (χ1) is 15.1. The van der Waals surface area contributed by atoms with Crippen molar-refractivity contribution in [2.75, 3.05) is 11.4 Å². The van der Waals surface area contributed by atoms with Crippen LogP contribution in [0.4, 0.5) is 36.8 Å². The molecule has 0 aromatic heterocycles. The number of amides is 1. The summed E-state index contributed by atoms with van der Waals surface area (Å²) in [6.45, 7) is 0.0663. The molecule has 1 aliphatic rings. The molecule has 4 nitrogen and oxygen atoms in total. The van der Waals surface area contributed by atoms with Crippen LogP contribution in [0.25, 0.3) is 0 Å². The zero-order chi connectivity index (χ0) is 24.8. The molecule has 0 radical (unpaired) electrons. The Morgan fingerprint density at radius 3 is 2.18 bits per heavy atom. The Bertz CT molecular complexity index is 1080. The first-order valence-corrected chi connectivity index (χ1v) is 10.1. The summed E-state index contributed by atoms with van der Waals surface area (Å²) in [6, 6.07) is 5.68. The molecule has 0 N–H and O–H groups in total. The second-order valence-electron chi connectivity index (χ2n) is 7.48. The third kappa shape index (κ3) is 5.06. The van der Waals surface area contributed by atoms with Gasteiger partial charge in [-0.1, -0.05) is 29.3 Å². The van der Waals surface area contributed by atoms with E-state index in [4.69, 9.17) is 27.9 Å². The molecule has 2 aromatic carbocycles. The van der Waals surface area contributed by atoms with E-state index in [0.29, 0.717) is 11.0 Å². The third-order valence-corrected chi connectivity index (χ3v) is 5.54. The normalized spacial score (nSPS) is 19.1. The summed E-state index contributed by atoms with van der Waals surface area (Å²) >= 11 is 11.6. The molecule has 1 amide bonds. The van der Waals surface area contributed by atoms with Gasteiger partial charge >= 0.3 is 18.4 Å². The van der Waals surface area contributed by atoms with Crippen molar-refractivity contribution >= 4 is 40.8 Å². The molecular formula is C21H15Cl2F6NO3. The molecule has 2 aromatic rings. The van der Waals surface area contributed by atoms with Crippen molar-refractivity contribution in [3.8, 4) is 0 Å². The summed E-state index contributed by atoms with van der Waals surface area (Å²) < 4.78 is 87.9. The van der Waals surface area contributed by atoms with Crippen LogP contribution < -0.4 is 4.90 Å². The smallest absolute Gasteiger partial charge is 0.426 e. The van der Waals surface area contributed by atoms with Crippen molar-refractivity contribution in [2.24, 2.45) is 0 Å². The maximum Gasteiger partial charge on any atom is 0.434 e. The van der Waals surface area contributed by atoms with E-state index in [1.807, 2.05) is 0 Å². The number of cyclic esters (lactones) is 1. The Kier molecular flexibility index (Phi) is 6.65. The van der Waals surface area contributed by atoms with Gasteiger partial charge in [0, 0.05) is 27.7 Å². The lowest BCUT2D eigenvalue weighted by Crippen LogP contribution is -2.46. The van der Waals surface area contributed by atoms with E-state index in [9.17, 15) is 35.9 Å². The number of anilines is 1. The van der Waals surface area contributed by atoms with E-state index in [0.717, 1.165) is 24.3 Å². The van der Waals surface area contributed by atoms with Gasteiger partial charge < -0.3 is 9.53 Å². The van der Waals surface area contributed by atoms with Crippen LogP contribution in [0, 0.1) is 0 Å².